The van der Waals surface area contributed by atoms with E-state index in [1.165, 1.54) is 0 Å². The number of hydrogen-bond acceptors (Lipinski definition) is 5. The van der Waals surface area contributed by atoms with Crippen molar-refractivity contribution in [1.29, 1.82) is 0 Å². The normalized spacial score (nSPS) is 17.6. The van der Waals surface area contributed by atoms with E-state index in [-0.39, 0.29) is 5.91 Å². The molecular weight excluding hydrogens is 364 g/mol. The number of likely N-dealkylation sites (tertiary alicyclic amines) is 1. The van der Waals surface area contributed by atoms with Gasteiger partial charge < -0.3 is 4.90 Å². The van der Waals surface area contributed by atoms with Crippen molar-refractivity contribution in [2.45, 2.75) is 79.2 Å². The number of amides is 1. The monoisotopic (exact) mass is 398 g/mol. The van der Waals surface area contributed by atoms with Gasteiger partial charge in [0.2, 0.25) is 0 Å². The predicted molar refractivity (Wildman–Crippen MR) is 113 cm³/mol. The van der Waals surface area contributed by atoms with Gasteiger partial charge >= 0.3 is 0 Å². The Morgan fingerprint density at radius 3 is 2.66 bits per heavy atom. The second-order valence-corrected chi connectivity index (χ2v) is 8.50. The van der Waals surface area contributed by atoms with Crippen LogP contribution in [0.1, 0.15) is 86.0 Å². The van der Waals surface area contributed by atoms with E-state index in [9.17, 15) is 4.79 Å². The lowest BCUT2D eigenvalue weighted by Gasteiger charge is -2.20. The molecule has 0 N–H and O–H groups in total. The fourth-order valence-electron chi connectivity index (χ4n) is 4.01. The second kappa shape index (κ2) is 9.46. The summed E-state index contributed by atoms with van der Waals surface area (Å²) in [5.74, 6) is 3.70. The fraction of sp³-hybridized carbons (Fsp3) is 0.682. The first kappa shape index (κ1) is 21.4. The fourth-order valence-corrected chi connectivity index (χ4v) is 4.01. The maximum absolute atomic E-state index is 13.0. The van der Waals surface area contributed by atoms with Gasteiger partial charge in [-0.05, 0) is 58.4 Å². The third-order valence-electron chi connectivity index (χ3n) is 5.55. The van der Waals surface area contributed by atoms with Crippen LogP contribution in [0.25, 0.3) is 0 Å². The molecule has 1 aliphatic heterocycles. The van der Waals surface area contributed by atoms with Crippen LogP contribution >= 0.6 is 0 Å². The van der Waals surface area contributed by atoms with Gasteiger partial charge in [-0.15, -0.1) is 0 Å². The maximum Gasteiger partial charge on any atom is 0.272 e. The van der Waals surface area contributed by atoms with Crippen molar-refractivity contribution in [3.8, 4) is 0 Å². The Bertz CT molecular complexity index is 824. The minimum Gasteiger partial charge on any atom is -0.337 e. The van der Waals surface area contributed by atoms with Crippen molar-refractivity contribution in [3.05, 3.63) is 34.9 Å². The number of aryl methyl sites for hydroxylation is 4. The van der Waals surface area contributed by atoms with Crippen LogP contribution in [0.15, 0.2) is 6.07 Å². The zero-order chi connectivity index (χ0) is 21.0. The summed E-state index contributed by atoms with van der Waals surface area (Å²) in [4.78, 5) is 28.4. The maximum atomic E-state index is 13.0. The highest BCUT2D eigenvalue weighted by Crippen LogP contribution is 2.28. The lowest BCUT2D eigenvalue weighted by atomic mass is 10.00. The van der Waals surface area contributed by atoms with Gasteiger partial charge in [0, 0.05) is 37.7 Å². The molecule has 0 bridgehead atoms. The molecule has 1 saturated heterocycles. The van der Waals surface area contributed by atoms with Crippen molar-refractivity contribution in [3.63, 3.8) is 0 Å². The summed E-state index contributed by atoms with van der Waals surface area (Å²) in [7, 11) is 0. The minimum absolute atomic E-state index is 0.00818. The van der Waals surface area contributed by atoms with Gasteiger partial charge in [0.05, 0.1) is 0 Å². The molecule has 7 nitrogen and oxygen atoms in total. The van der Waals surface area contributed by atoms with Crippen molar-refractivity contribution in [2.75, 3.05) is 13.1 Å². The average molecular weight is 399 g/mol. The summed E-state index contributed by atoms with van der Waals surface area (Å²) in [5.41, 5.74) is 1.33. The smallest absolute Gasteiger partial charge is 0.272 e. The summed E-state index contributed by atoms with van der Waals surface area (Å²) in [5, 5.41) is 4.74. The van der Waals surface area contributed by atoms with E-state index < -0.39 is 0 Å². The molecule has 7 heteroatoms. The first-order valence-corrected chi connectivity index (χ1v) is 10.9. The van der Waals surface area contributed by atoms with Gasteiger partial charge in [-0.2, -0.15) is 5.10 Å². The quantitative estimate of drug-likeness (QED) is 0.741. The SMILES string of the molecule is CCn1nc(CCC(C)C)nc1C1CCCN(C(=O)c2cc(C)nc(C)n2)CC1. The van der Waals surface area contributed by atoms with Gasteiger partial charge in [0.15, 0.2) is 5.82 Å². The minimum atomic E-state index is 0.00818. The van der Waals surface area contributed by atoms with Crippen LogP contribution in [0.2, 0.25) is 0 Å². The lowest BCUT2D eigenvalue weighted by Crippen LogP contribution is -2.33. The van der Waals surface area contributed by atoms with E-state index in [4.69, 9.17) is 10.1 Å². The van der Waals surface area contributed by atoms with E-state index in [1.807, 2.05) is 18.7 Å². The number of hydrogen-bond donors (Lipinski definition) is 0. The Hall–Kier alpha value is -2.31. The van der Waals surface area contributed by atoms with E-state index in [2.05, 4.69) is 35.4 Å². The van der Waals surface area contributed by atoms with Crippen LogP contribution in [0.3, 0.4) is 0 Å². The van der Waals surface area contributed by atoms with Crippen LogP contribution in [0, 0.1) is 19.8 Å². The molecule has 1 aliphatic rings. The average Bonchev–Trinajstić information content (AvgIpc) is 2.93. The number of carbonyl (C=O) groups excluding carboxylic acids is 1. The van der Waals surface area contributed by atoms with Crippen LogP contribution in [0.4, 0.5) is 0 Å². The Morgan fingerprint density at radius 2 is 1.97 bits per heavy atom. The van der Waals surface area contributed by atoms with Crippen LogP contribution < -0.4 is 0 Å². The zero-order valence-corrected chi connectivity index (χ0v) is 18.5. The molecule has 3 rings (SSSR count). The molecule has 2 aromatic rings. The van der Waals surface area contributed by atoms with E-state index in [1.54, 1.807) is 6.07 Å². The molecule has 29 heavy (non-hydrogen) atoms. The standard InChI is InChI=1S/C22H34N6O/c1-6-28-21(25-20(26-28)10-9-15(2)3)18-8-7-12-27(13-11-18)22(29)19-14-16(4)23-17(5)24-19/h14-15,18H,6-13H2,1-5H3. The summed E-state index contributed by atoms with van der Waals surface area (Å²) in [6.45, 7) is 12.6. The van der Waals surface area contributed by atoms with Gasteiger partial charge in [0.1, 0.15) is 17.3 Å². The predicted octanol–water partition coefficient (Wildman–Crippen LogP) is 3.70. The van der Waals surface area contributed by atoms with Crippen LogP contribution in [-0.4, -0.2) is 48.6 Å². The van der Waals surface area contributed by atoms with Crippen molar-refractivity contribution < 1.29 is 4.79 Å². The molecule has 0 aromatic carbocycles. The van der Waals surface area contributed by atoms with Gasteiger partial charge in [-0.3, -0.25) is 4.79 Å². The number of rotatable bonds is 6. The highest BCUT2D eigenvalue weighted by Gasteiger charge is 2.26. The summed E-state index contributed by atoms with van der Waals surface area (Å²) < 4.78 is 2.06. The van der Waals surface area contributed by atoms with Gasteiger partial charge in [0.25, 0.3) is 5.91 Å². The van der Waals surface area contributed by atoms with Crippen LogP contribution in [-0.2, 0) is 13.0 Å². The Balaban J connectivity index is 1.70. The summed E-state index contributed by atoms with van der Waals surface area (Å²) in [6.07, 6.45) is 4.96. The molecule has 1 amide bonds. The number of nitrogens with zero attached hydrogens (tertiary/aromatic N) is 6. The number of carbonyl (C=O) groups is 1. The molecule has 158 valence electrons. The molecular formula is C22H34N6O. The molecule has 0 radical (unpaired) electrons. The first-order valence-electron chi connectivity index (χ1n) is 10.9. The second-order valence-electron chi connectivity index (χ2n) is 8.50. The molecule has 0 aliphatic carbocycles. The molecule has 1 fully saturated rings. The zero-order valence-electron chi connectivity index (χ0n) is 18.5. The van der Waals surface area contributed by atoms with Crippen molar-refractivity contribution >= 4 is 5.91 Å². The molecule has 2 aromatic heterocycles. The molecule has 0 saturated carbocycles. The Labute approximate surface area is 174 Å². The lowest BCUT2D eigenvalue weighted by molar-refractivity contribution is 0.0754. The summed E-state index contributed by atoms with van der Waals surface area (Å²) in [6, 6.07) is 1.78. The highest BCUT2D eigenvalue weighted by molar-refractivity contribution is 5.92. The topological polar surface area (TPSA) is 76.8 Å². The third-order valence-corrected chi connectivity index (χ3v) is 5.55. The largest absolute Gasteiger partial charge is 0.337 e. The third kappa shape index (κ3) is 5.40. The highest BCUT2D eigenvalue weighted by atomic mass is 16.2. The van der Waals surface area contributed by atoms with E-state index in [0.717, 1.165) is 69.1 Å². The molecule has 3 heterocycles. The van der Waals surface area contributed by atoms with Crippen molar-refractivity contribution in [2.24, 2.45) is 5.92 Å². The Kier molecular flexibility index (Phi) is 6.98. The van der Waals surface area contributed by atoms with Crippen molar-refractivity contribution in [1.82, 2.24) is 29.6 Å². The van der Waals surface area contributed by atoms with Gasteiger partial charge in [-0.25, -0.2) is 19.6 Å². The van der Waals surface area contributed by atoms with Crippen LogP contribution in [0.5, 0.6) is 0 Å². The Morgan fingerprint density at radius 1 is 1.17 bits per heavy atom. The molecule has 1 unspecified atom stereocenters. The molecule has 0 spiro atoms. The van der Waals surface area contributed by atoms with E-state index in [0.29, 0.717) is 23.4 Å². The van der Waals surface area contributed by atoms with Gasteiger partial charge in [-0.1, -0.05) is 13.8 Å². The van der Waals surface area contributed by atoms with E-state index >= 15 is 0 Å². The molecule has 1 atom stereocenters. The summed E-state index contributed by atoms with van der Waals surface area (Å²) >= 11 is 0. The first-order chi connectivity index (χ1) is 13.9. The number of aromatic nitrogens is 5.